The van der Waals surface area contributed by atoms with Crippen LogP contribution in [0.2, 0.25) is 0 Å². The molecule has 0 rings (SSSR count). The van der Waals surface area contributed by atoms with Crippen molar-refractivity contribution in [2.75, 3.05) is 46.2 Å². The summed E-state index contributed by atoms with van der Waals surface area (Å²) in [5, 5.41) is 10.6. The number of allylic oxidation sites excluding steroid dienone is 10. The van der Waals surface area contributed by atoms with E-state index in [0.29, 0.717) is 32.3 Å². The van der Waals surface area contributed by atoms with Crippen LogP contribution in [0.25, 0.3) is 0 Å². The van der Waals surface area contributed by atoms with Gasteiger partial charge in [0.25, 0.3) is 0 Å². The van der Waals surface area contributed by atoms with E-state index < -0.39 is 84.9 Å². The SMILES string of the molecule is CCCCC/C=C\C/C=C\CCCCCCCC(=O)OC[C@H](COP(=O)(O)OC[C@@H](O)COP(=O)(O)OC[C@@H](COC(=O)CCCCCCC/C=C\C/C=C\CCCCC)OC(=O)CCCCCCCCCCCCCCC)OCCCCCCCCC/C=C\CCCCCCC=O. The highest BCUT2D eigenvalue weighted by molar-refractivity contribution is 7.47. The molecule has 0 aromatic rings. The number of rotatable bonds is 77. The number of aliphatic hydroxyl groups excluding tert-OH is 1. The van der Waals surface area contributed by atoms with Crippen LogP contribution in [0.15, 0.2) is 60.8 Å². The van der Waals surface area contributed by atoms with Crippen molar-refractivity contribution in [2.24, 2.45) is 0 Å². The topological polar surface area (TPSA) is 237 Å². The van der Waals surface area contributed by atoms with Crippen LogP contribution in [-0.2, 0) is 65.4 Å². The maximum Gasteiger partial charge on any atom is 0.472 e. The van der Waals surface area contributed by atoms with E-state index >= 15 is 0 Å². The van der Waals surface area contributed by atoms with Crippen LogP contribution in [0, 0.1) is 0 Å². The van der Waals surface area contributed by atoms with Crippen LogP contribution in [0.4, 0.5) is 0 Å². The van der Waals surface area contributed by atoms with Gasteiger partial charge in [0.05, 0.1) is 26.4 Å². The molecule has 3 N–H and O–H groups in total. The number of phosphoric ester groups is 2. The van der Waals surface area contributed by atoms with Gasteiger partial charge in [-0.3, -0.25) is 32.5 Å². The number of hydrogen-bond acceptors (Lipinski definition) is 15. The number of hydrogen-bond donors (Lipinski definition) is 3. The lowest BCUT2D eigenvalue weighted by atomic mass is 10.0. The lowest BCUT2D eigenvalue weighted by Gasteiger charge is -2.21. The summed E-state index contributed by atoms with van der Waals surface area (Å²) in [6.07, 6.45) is 72.6. The Hall–Kier alpha value is -3.08. The molecule has 0 saturated heterocycles. The van der Waals surface area contributed by atoms with E-state index in [1.807, 2.05) is 0 Å². The minimum Gasteiger partial charge on any atom is -0.463 e. The minimum absolute atomic E-state index is 0.110. The molecule has 0 saturated carbocycles. The molecule has 0 spiro atoms. The minimum atomic E-state index is -4.94. The molecule has 5 atom stereocenters. The lowest BCUT2D eigenvalue weighted by molar-refractivity contribution is -0.161. The Morgan fingerprint density at radius 1 is 0.327 bits per heavy atom. The first-order chi connectivity index (χ1) is 47.8. The van der Waals surface area contributed by atoms with E-state index in [0.717, 1.165) is 205 Å². The van der Waals surface area contributed by atoms with Gasteiger partial charge >= 0.3 is 33.6 Å². The average Bonchev–Trinajstić information content (AvgIpc) is 1.04. The van der Waals surface area contributed by atoms with Gasteiger partial charge in [-0.25, -0.2) is 9.13 Å². The van der Waals surface area contributed by atoms with Gasteiger partial charge in [0.1, 0.15) is 31.7 Å². The molecule has 2 unspecified atom stereocenters. The van der Waals surface area contributed by atoms with E-state index in [4.69, 9.17) is 37.0 Å². The molecular formula is C79H144O17P2. The zero-order valence-electron chi connectivity index (χ0n) is 62.3. The van der Waals surface area contributed by atoms with Gasteiger partial charge in [-0.05, 0) is 122 Å². The molecule has 0 fully saturated rings. The number of carbonyl (C=O) groups excluding carboxylic acids is 4. The summed E-state index contributed by atoms with van der Waals surface area (Å²) in [7, 11) is -9.79. The first-order valence-corrected chi connectivity index (χ1v) is 42.5. The number of phosphoric acid groups is 2. The normalized spacial score (nSPS) is 14.3. The standard InChI is InChI=1S/C79H144O17P2/c1-4-7-10-13-16-19-22-25-29-34-38-43-48-53-58-63-77(82)90-70-75(89-67-62-57-52-47-42-37-32-28-27-31-36-41-46-51-56-61-66-80)72-94-97(85,86)92-68-74(81)69-93-98(87,88)95-73-76(96-79(84)65-60-55-50-45-40-33-24-21-18-15-12-9-6-3)71-91-78(83)64-59-54-49-44-39-35-30-26-23-20-17-14-11-8-5-2/h16-17,19-20,25-27,29-31,66,74-76,81H,4-15,18,21-24,28,32-65,67-73H2,1-3H3,(H,85,86)(H,87,88)/b19-16-,20-17-,29-25-,30-26-,31-27-/t74-,75-,76-/m1/s1. The van der Waals surface area contributed by atoms with Crippen molar-refractivity contribution in [3.8, 4) is 0 Å². The molecule has 0 radical (unpaired) electrons. The summed E-state index contributed by atoms with van der Waals surface area (Å²) in [6.45, 7) is 3.50. The van der Waals surface area contributed by atoms with Crippen LogP contribution in [0.3, 0.4) is 0 Å². The Balaban J connectivity index is 5.26. The van der Waals surface area contributed by atoms with E-state index in [2.05, 4.69) is 81.5 Å². The zero-order chi connectivity index (χ0) is 71.6. The average molecular weight is 1430 g/mol. The molecule has 0 heterocycles. The zero-order valence-corrected chi connectivity index (χ0v) is 64.0. The van der Waals surface area contributed by atoms with Crippen molar-refractivity contribution in [1.82, 2.24) is 0 Å². The second kappa shape index (κ2) is 73.7. The first kappa shape index (κ1) is 94.9. The molecule has 0 aromatic heterocycles. The molecule has 19 heteroatoms. The molecule has 0 bridgehead atoms. The highest BCUT2D eigenvalue weighted by Gasteiger charge is 2.30. The molecule has 572 valence electrons. The molecule has 17 nitrogen and oxygen atoms in total. The quantitative estimate of drug-likeness (QED) is 0.0128. The van der Waals surface area contributed by atoms with Crippen molar-refractivity contribution in [1.29, 1.82) is 0 Å². The predicted molar refractivity (Wildman–Crippen MR) is 400 cm³/mol. The Bertz CT molecular complexity index is 2060. The molecule has 0 aromatic carbocycles. The van der Waals surface area contributed by atoms with Gasteiger partial charge in [-0.2, -0.15) is 0 Å². The van der Waals surface area contributed by atoms with Crippen LogP contribution in [0.5, 0.6) is 0 Å². The highest BCUT2D eigenvalue weighted by Crippen LogP contribution is 2.45. The Morgan fingerprint density at radius 2 is 0.602 bits per heavy atom. The van der Waals surface area contributed by atoms with Gasteiger partial charge < -0.3 is 38.6 Å². The van der Waals surface area contributed by atoms with Gasteiger partial charge in [0.15, 0.2) is 6.10 Å². The maximum atomic E-state index is 13.1. The summed E-state index contributed by atoms with van der Waals surface area (Å²) >= 11 is 0. The van der Waals surface area contributed by atoms with E-state index in [9.17, 15) is 43.2 Å². The van der Waals surface area contributed by atoms with E-state index in [-0.39, 0.29) is 25.9 Å². The van der Waals surface area contributed by atoms with Crippen molar-refractivity contribution in [3.63, 3.8) is 0 Å². The number of aliphatic hydroxyl groups is 1. The van der Waals surface area contributed by atoms with Crippen LogP contribution >= 0.6 is 15.6 Å². The Labute approximate surface area is 597 Å². The first-order valence-electron chi connectivity index (χ1n) is 39.5. The van der Waals surface area contributed by atoms with Gasteiger partial charge in [0.2, 0.25) is 0 Å². The summed E-state index contributed by atoms with van der Waals surface area (Å²) in [4.78, 5) is 70.4. The van der Waals surface area contributed by atoms with Crippen molar-refractivity contribution in [2.45, 2.75) is 373 Å². The van der Waals surface area contributed by atoms with Crippen LogP contribution in [0.1, 0.15) is 355 Å². The molecular weight excluding hydrogens is 1280 g/mol. The van der Waals surface area contributed by atoms with Crippen LogP contribution in [-0.4, -0.2) is 104 Å². The monoisotopic (exact) mass is 1430 g/mol. The number of esters is 3. The van der Waals surface area contributed by atoms with Crippen molar-refractivity contribution >= 4 is 39.8 Å². The van der Waals surface area contributed by atoms with E-state index in [1.165, 1.54) is 89.9 Å². The second-order valence-electron chi connectivity index (χ2n) is 26.6. The van der Waals surface area contributed by atoms with Gasteiger partial charge in [0, 0.05) is 32.3 Å². The third kappa shape index (κ3) is 72.7. The lowest BCUT2D eigenvalue weighted by Crippen LogP contribution is -2.30. The van der Waals surface area contributed by atoms with Crippen molar-refractivity contribution in [3.05, 3.63) is 60.8 Å². The second-order valence-corrected chi connectivity index (χ2v) is 29.5. The summed E-state index contributed by atoms with van der Waals surface area (Å²) < 4.78 is 69.3. The smallest absolute Gasteiger partial charge is 0.463 e. The largest absolute Gasteiger partial charge is 0.472 e. The fourth-order valence-corrected chi connectivity index (χ4v) is 12.5. The van der Waals surface area contributed by atoms with Crippen LogP contribution < -0.4 is 0 Å². The number of aldehydes is 1. The molecule has 0 aliphatic carbocycles. The Kier molecular flexibility index (Phi) is 71.3. The van der Waals surface area contributed by atoms with E-state index in [1.54, 1.807) is 0 Å². The third-order valence-electron chi connectivity index (χ3n) is 17.0. The van der Waals surface area contributed by atoms with Gasteiger partial charge in [-0.1, -0.05) is 268 Å². The molecule has 0 aliphatic heterocycles. The predicted octanol–water partition coefficient (Wildman–Crippen LogP) is 22.3. The highest BCUT2D eigenvalue weighted by atomic mass is 31.2. The summed E-state index contributed by atoms with van der Waals surface area (Å²) in [5.74, 6) is -1.47. The van der Waals surface area contributed by atoms with Crippen molar-refractivity contribution < 1.29 is 80.2 Å². The number of carbonyl (C=O) groups is 4. The molecule has 98 heavy (non-hydrogen) atoms. The molecule has 0 amide bonds. The third-order valence-corrected chi connectivity index (χ3v) is 18.9. The fraction of sp³-hybridized carbons (Fsp3) is 0.823. The number of unbranched alkanes of at least 4 members (excludes halogenated alkanes) is 40. The summed E-state index contributed by atoms with van der Waals surface area (Å²) in [5.41, 5.74) is 0. The molecule has 0 aliphatic rings. The van der Waals surface area contributed by atoms with Gasteiger partial charge in [-0.15, -0.1) is 0 Å². The fourth-order valence-electron chi connectivity index (χ4n) is 10.9. The summed E-state index contributed by atoms with van der Waals surface area (Å²) in [6, 6.07) is 0. The maximum absolute atomic E-state index is 13.1. The Morgan fingerprint density at radius 3 is 0.980 bits per heavy atom. The number of ether oxygens (including phenoxy) is 4.